The highest BCUT2D eigenvalue weighted by Gasteiger charge is 2.38. The van der Waals surface area contributed by atoms with Crippen LogP contribution in [0.15, 0.2) is 42.7 Å². The van der Waals surface area contributed by atoms with E-state index in [1.54, 1.807) is 12.4 Å². The van der Waals surface area contributed by atoms with Crippen LogP contribution in [0.4, 0.5) is 26.3 Å². The molecule has 1 aliphatic heterocycles. The highest BCUT2D eigenvalue weighted by atomic mass is 19.4. The number of fused-ring (bicyclic) bond motifs is 1. The Labute approximate surface area is 210 Å². The van der Waals surface area contributed by atoms with Crippen molar-refractivity contribution in [3.8, 4) is 5.75 Å². The van der Waals surface area contributed by atoms with E-state index in [2.05, 4.69) is 37.2 Å². The number of aryl methyl sites for hydroxylation is 1. The van der Waals surface area contributed by atoms with Crippen LogP contribution in [0.1, 0.15) is 28.3 Å². The fourth-order valence-corrected chi connectivity index (χ4v) is 3.00. The number of aliphatic carboxylic acids is 2. The van der Waals surface area contributed by atoms with E-state index < -0.39 is 24.3 Å². The number of halogens is 6. The third kappa shape index (κ3) is 9.68. The van der Waals surface area contributed by atoms with Crippen LogP contribution >= 0.6 is 0 Å². The van der Waals surface area contributed by atoms with Crippen molar-refractivity contribution in [1.29, 1.82) is 0 Å². The fraction of sp³-hybridized carbons (Fsp3) is 0.318. The SMILES string of the molecule is Cc1cccc(CN2Cc3[nH]nc(COc4cccnc4)c3C2)n1.O=C(O)C(F)(F)F.O=C(O)C(F)(F)F. The summed E-state index contributed by atoms with van der Waals surface area (Å²) < 4.78 is 69.2. The van der Waals surface area contributed by atoms with Crippen molar-refractivity contribution in [2.75, 3.05) is 0 Å². The number of carbonyl (C=O) groups is 2. The van der Waals surface area contributed by atoms with E-state index in [1.165, 1.54) is 11.3 Å². The molecule has 0 aromatic carbocycles. The molecule has 0 radical (unpaired) electrons. The zero-order chi connectivity index (χ0) is 28.5. The minimum atomic E-state index is -5.08. The van der Waals surface area contributed by atoms with Crippen LogP contribution in [0.25, 0.3) is 0 Å². The second-order valence-electron chi connectivity index (χ2n) is 7.63. The molecular weight excluding hydrogens is 528 g/mol. The van der Waals surface area contributed by atoms with Crippen molar-refractivity contribution in [3.63, 3.8) is 0 Å². The number of carboxylic acid groups (broad SMARTS) is 2. The third-order valence-electron chi connectivity index (χ3n) is 4.63. The molecule has 206 valence electrons. The lowest BCUT2D eigenvalue weighted by Crippen LogP contribution is -2.21. The summed E-state index contributed by atoms with van der Waals surface area (Å²) in [4.78, 5) is 28.8. The van der Waals surface area contributed by atoms with Crippen molar-refractivity contribution in [2.45, 2.75) is 45.5 Å². The first-order valence-corrected chi connectivity index (χ1v) is 10.5. The molecule has 10 nitrogen and oxygen atoms in total. The summed E-state index contributed by atoms with van der Waals surface area (Å²) in [6.45, 7) is 5.05. The number of hydrogen-bond acceptors (Lipinski definition) is 7. The quantitative estimate of drug-likeness (QED) is 0.405. The molecule has 0 saturated carbocycles. The average molecular weight is 549 g/mol. The molecule has 0 fully saturated rings. The fourth-order valence-electron chi connectivity index (χ4n) is 3.00. The normalized spacial score (nSPS) is 12.9. The molecule has 0 atom stereocenters. The van der Waals surface area contributed by atoms with Gasteiger partial charge in [-0.3, -0.25) is 20.0 Å². The average Bonchev–Trinajstić information content (AvgIpc) is 3.38. The lowest BCUT2D eigenvalue weighted by Gasteiger charge is -2.14. The van der Waals surface area contributed by atoms with Crippen LogP contribution in [0, 0.1) is 6.92 Å². The molecule has 0 spiro atoms. The molecule has 0 amide bonds. The third-order valence-corrected chi connectivity index (χ3v) is 4.63. The van der Waals surface area contributed by atoms with Gasteiger partial charge in [0.2, 0.25) is 0 Å². The number of H-pyrrole nitrogens is 1. The van der Waals surface area contributed by atoms with Gasteiger partial charge in [0, 0.05) is 37.1 Å². The minimum Gasteiger partial charge on any atom is -0.486 e. The molecule has 3 aromatic rings. The zero-order valence-corrected chi connectivity index (χ0v) is 19.5. The molecule has 3 aromatic heterocycles. The number of carboxylic acids is 2. The van der Waals surface area contributed by atoms with Crippen LogP contribution in [0.2, 0.25) is 0 Å². The number of hydrogen-bond donors (Lipinski definition) is 3. The lowest BCUT2D eigenvalue weighted by atomic mass is 10.2. The number of rotatable bonds is 5. The summed E-state index contributed by atoms with van der Waals surface area (Å²) in [7, 11) is 0. The number of ether oxygens (including phenoxy) is 1. The predicted molar refractivity (Wildman–Crippen MR) is 116 cm³/mol. The van der Waals surface area contributed by atoms with Crippen LogP contribution in [0.3, 0.4) is 0 Å². The van der Waals surface area contributed by atoms with Gasteiger partial charge < -0.3 is 14.9 Å². The smallest absolute Gasteiger partial charge is 0.486 e. The molecule has 4 rings (SSSR count). The van der Waals surface area contributed by atoms with Gasteiger partial charge in [0.05, 0.1) is 17.6 Å². The molecule has 3 N–H and O–H groups in total. The number of alkyl halides is 6. The summed E-state index contributed by atoms with van der Waals surface area (Å²) in [5.41, 5.74) is 5.53. The summed E-state index contributed by atoms with van der Waals surface area (Å²) in [5.74, 6) is -4.76. The predicted octanol–water partition coefficient (Wildman–Crippen LogP) is 3.87. The Morgan fingerprint density at radius 3 is 2.18 bits per heavy atom. The van der Waals surface area contributed by atoms with Gasteiger partial charge >= 0.3 is 24.3 Å². The maximum atomic E-state index is 10.6. The minimum absolute atomic E-state index is 0.452. The van der Waals surface area contributed by atoms with Crippen molar-refractivity contribution >= 4 is 11.9 Å². The second-order valence-corrected chi connectivity index (χ2v) is 7.63. The Bertz CT molecular complexity index is 1190. The summed E-state index contributed by atoms with van der Waals surface area (Å²) in [6.07, 6.45) is -6.72. The monoisotopic (exact) mass is 549 g/mol. The first kappa shape index (κ1) is 30.0. The van der Waals surface area contributed by atoms with Gasteiger partial charge in [-0.05, 0) is 31.2 Å². The first-order chi connectivity index (χ1) is 17.7. The summed E-state index contributed by atoms with van der Waals surface area (Å²) in [5, 5.41) is 21.8. The van der Waals surface area contributed by atoms with Crippen molar-refractivity contribution in [1.82, 2.24) is 25.1 Å². The van der Waals surface area contributed by atoms with E-state index >= 15 is 0 Å². The Morgan fingerprint density at radius 2 is 1.66 bits per heavy atom. The Balaban J connectivity index is 0.000000301. The Morgan fingerprint density at radius 1 is 1.03 bits per heavy atom. The maximum absolute atomic E-state index is 10.6. The van der Waals surface area contributed by atoms with E-state index in [0.29, 0.717) is 6.61 Å². The molecule has 0 aliphatic carbocycles. The lowest BCUT2D eigenvalue weighted by molar-refractivity contribution is -0.193. The van der Waals surface area contributed by atoms with Crippen LogP contribution in [-0.2, 0) is 35.8 Å². The molecule has 38 heavy (non-hydrogen) atoms. The van der Waals surface area contributed by atoms with E-state index in [9.17, 15) is 26.3 Å². The molecule has 4 heterocycles. The number of pyridine rings is 2. The number of aromatic amines is 1. The topological polar surface area (TPSA) is 142 Å². The number of aromatic nitrogens is 4. The van der Waals surface area contributed by atoms with Gasteiger partial charge in [-0.25, -0.2) is 9.59 Å². The van der Waals surface area contributed by atoms with Crippen molar-refractivity contribution in [3.05, 3.63) is 71.1 Å². The van der Waals surface area contributed by atoms with Crippen molar-refractivity contribution < 1.29 is 50.9 Å². The van der Waals surface area contributed by atoms with Crippen LogP contribution < -0.4 is 4.74 Å². The molecular formula is C22H21F6N5O5. The number of nitrogens with zero attached hydrogens (tertiary/aromatic N) is 4. The summed E-state index contributed by atoms with van der Waals surface area (Å²) in [6, 6.07) is 9.91. The van der Waals surface area contributed by atoms with Gasteiger partial charge in [-0.2, -0.15) is 31.4 Å². The highest BCUT2D eigenvalue weighted by molar-refractivity contribution is 5.73. The Hall–Kier alpha value is -4.21. The molecule has 16 heteroatoms. The van der Waals surface area contributed by atoms with Crippen molar-refractivity contribution in [2.24, 2.45) is 0 Å². The second kappa shape index (κ2) is 12.8. The van der Waals surface area contributed by atoms with E-state index in [0.717, 1.165) is 42.5 Å². The number of nitrogens with one attached hydrogen (secondary N) is 1. The molecule has 1 aliphatic rings. The van der Waals surface area contributed by atoms with Gasteiger partial charge in [0.25, 0.3) is 0 Å². The van der Waals surface area contributed by atoms with Gasteiger partial charge in [-0.1, -0.05) is 6.07 Å². The van der Waals surface area contributed by atoms with Gasteiger partial charge in [0.15, 0.2) is 0 Å². The zero-order valence-electron chi connectivity index (χ0n) is 19.5. The molecule has 0 unspecified atom stereocenters. The van der Waals surface area contributed by atoms with Crippen LogP contribution in [-0.4, -0.2) is 59.6 Å². The summed E-state index contributed by atoms with van der Waals surface area (Å²) >= 11 is 0. The highest BCUT2D eigenvalue weighted by Crippen LogP contribution is 2.26. The first-order valence-electron chi connectivity index (χ1n) is 10.5. The Kier molecular flexibility index (Phi) is 10.1. The van der Waals surface area contributed by atoms with Gasteiger partial charge in [-0.15, -0.1) is 0 Å². The van der Waals surface area contributed by atoms with E-state index in [1.807, 2.05) is 25.1 Å². The standard InChI is InChI=1S/C18H19N5O.2C2HF3O2/c1-13-4-2-5-14(20-13)9-23-10-16-17(11-23)21-22-18(16)12-24-15-6-3-7-19-8-15;2*3-2(4,5)1(6)7/h2-8H,9-12H2,1H3,(H,21,22);2*(H,6,7). The van der Waals surface area contributed by atoms with Gasteiger partial charge in [0.1, 0.15) is 18.1 Å². The van der Waals surface area contributed by atoms with E-state index in [4.69, 9.17) is 24.5 Å². The van der Waals surface area contributed by atoms with Crippen LogP contribution in [0.5, 0.6) is 5.75 Å². The maximum Gasteiger partial charge on any atom is 0.490 e. The molecule has 0 saturated heterocycles. The van der Waals surface area contributed by atoms with E-state index in [-0.39, 0.29) is 0 Å². The largest absolute Gasteiger partial charge is 0.490 e. The molecule has 0 bridgehead atoms.